The zero-order valence-electron chi connectivity index (χ0n) is 18.0. The molecule has 0 saturated carbocycles. The fraction of sp³-hybridized carbons (Fsp3) is 0.400. The highest BCUT2D eigenvalue weighted by Crippen LogP contribution is 2.33. The van der Waals surface area contributed by atoms with E-state index in [1.807, 2.05) is 60.4 Å². The number of benzene rings is 2. The number of hydrogen-bond acceptors (Lipinski definition) is 3. The van der Waals surface area contributed by atoms with Crippen LogP contribution in [0, 0.1) is 6.92 Å². The van der Waals surface area contributed by atoms with Crippen molar-refractivity contribution >= 4 is 17.7 Å². The summed E-state index contributed by atoms with van der Waals surface area (Å²) in [7, 11) is 0. The van der Waals surface area contributed by atoms with Crippen LogP contribution < -0.4 is 5.32 Å². The highest BCUT2D eigenvalue weighted by Gasteiger charge is 2.34. The van der Waals surface area contributed by atoms with Crippen LogP contribution in [0.4, 0.5) is 0 Å². The Morgan fingerprint density at radius 1 is 1.10 bits per heavy atom. The minimum Gasteiger partial charge on any atom is -0.356 e. The van der Waals surface area contributed by atoms with E-state index >= 15 is 0 Å². The van der Waals surface area contributed by atoms with Gasteiger partial charge in [-0.15, -0.1) is 0 Å². The molecule has 2 aromatic rings. The highest BCUT2D eigenvalue weighted by atomic mass is 16.2. The molecule has 0 spiro atoms. The summed E-state index contributed by atoms with van der Waals surface area (Å²) < 4.78 is 0. The fourth-order valence-electron chi connectivity index (χ4n) is 4.41. The Balaban J connectivity index is 1.40. The molecule has 1 saturated heterocycles. The van der Waals surface area contributed by atoms with Gasteiger partial charge in [-0.1, -0.05) is 48.0 Å². The summed E-state index contributed by atoms with van der Waals surface area (Å²) in [6.45, 7) is 4.56. The predicted octanol–water partition coefficient (Wildman–Crippen LogP) is 3.21. The third kappa shape index (κ3) is 4.79. The van der Waals surface area contributed by atoms with Gasteiger partial charge in [0.05, 0.1) is 12.5 Å². The molecule has 2 heterocycles. The van der Waals surface area contributed by atoms with Crippen LogP contribution in [0.25, 0.3) is 0 Å². The van der Waals surface area contributed by atoms with E-state index in [1.54, 1.807) is 4.90 Å². The Hall–Kier alpha value is -3.15. The van der Waals surface area contributed by atoms with E-state index in [-0.39, 0.29) is 30.2 Å². The zero-order valence-corrected chi connectivity index (χ0v) is 18.0. The minimum absolute atomic E-state index is 0.0264. The van der Waals surface area contributed by atoms with Gasteiger partial charge in [0.2, 0.25) is 11.8 Å². The molecule has 3 amide bonds. The number of amides is 3. The highest BCUT2D eigenvalue weighted by molar-refractivity contribution is 5.98. The van der Waals surface area contributed by atoms with Crippen LogP contribution in [0.2, 0.25) is 0 Å². The molecule has 2 aromatic carbocycles. The van der Waals surface area contributed by atoms with Gasteiger partial charge in [0.1, 0.15) is 0 Å². The van der Waals surface area contributed by atoms with Crippen LogP contribution in [0.1, 0.15) is 58.8 Å². The Bertz CT molecular complexity index is 970. The molecule has 6 nitrogen and oxygen atoms in total. The first-order valence-electron chi connectivity index (χ1n) is 11.0. The summed E-state index contributed by atoms with van der Waals surface area (Å²) in [5, 5.41) is 2.98. The SMILES string of the molecule is Cc1ccc([C@@H](CC(=O)NCCCN2CCCC2=O)N2Cc3ccccc3C2=O)cc1. The summed E-state index contributed by atoms with van der Waals surface area (Å²) >= 11 is 0. The van der Waals surface area contributed by atoms with Crippen molar-refractivity contribution < 1.29 is 14.4 Å². The topological polar surface area (TPSA) is 69.7 Å². The molecule has 0 unspecified atom stereocenters. The first-order chi connectivity index (χ1) is 15.0. The van der Waals surface area contributed by atoms with Gasteiger partial charge in [-0.25, -0.2) is 0 Å². The van der Waals surface area contributed by atoms with Gasteiger partial charge >= 0.3 is 0 Å². The lowest BCUT2D eigenvalue weighted by atomic mass is 10.00. The molecule has 4 rings (SSSR count). The van der Waals surface area contributed by atoms with Crippen LogP contribution in [-0.2, 0) is 16.1 Å². The van der Waals surface area contributed by atoms with Crippen molar-refractivity contribution in [1.29, 1.82) is 0 Å². The van der Waals surface area contributed by atoms with Gasteiger partial charge in [0, 0.05) is 38.2 Å². The number of fused-ring (bicyclic) bond motifs is 1. The van der Waals surface area contributed by atoms with Gasteiger partial charge in [0.25, 0.3) is 5.91 Å². The summed E-state index contributed by atoms with van der Waals surface area (Å²) in [4.78, 5) is 41.2. The van der Waals surface area contributed by atoms with Crippen molar-refractivity contribution in [2.75, 3.05) is 19.6 Å². The van der Waals surface area contributed by atoms with Crippen molar-refractivity contribution in [3.05, 3.63) is 70.8 Å². The molecule has 1 fully saturated rings. The smallest absolute Gasteiger partial charge is 0.255 e. The Morgan fingerprint density at radius 3 is 2.58 bits per heavy atom. The number of aryl methyl sites for hydroxylation is 1. The normalized spacial score (nSPS) is 16.5. The van der Waals surface area contributed by atoms with Gasteiger partial charge in [-0.2, -0.15) is 0 Å². The van der Waals surface area contributed by atoms with Gasteiger partial charge < -0.3 is 15.1 Å². The number of hydrogen-bond donors (Lipinski definition) is 1. The second-order valence-electron chi connectivity index (χ2n) is 8.41. The second kappa shape index (κ2) is 9.33. The van der Waals surface area contributed by atoms with E-state index in [0.717, 1.165) is 41.6 Å². The maximum absolute atomic E-state index is 13.1. The molecule has 6 heteroatoms. The van der Waals surface area contributed by atoms with E-state index in [4.69, 9.17) is 0 Å². The first kappa shape index (κ1) is 21.1. The molecule has 2 aliphatic rings. The maximum atomic E-state index is 13.1. The number of carbonyl (C=O) groups excluding carboxylic acids is 3. The average molecular weight is 420 g/mol. The average Bonchev–Trinajstić information content (AvgIpc) is 3.33. The molecule has 31 heavy (non-hydrogen) atoms. The quantitative estimate of drug-likeness (QED) is 0.668. The van der Waals surface area contributed by atoms with Crippen LogP contribution in [0.15, 0.2) is 48.5 Å². The molecule has 1 N–H and O–H groups in total. The lowest BCUT2D eigenvalue weighted by Gasteiger charge is -2.28. The number of carbonyl (C=O) groups is 3. The molecule has 1 atom stereocenters. The monoisotopic (exact) mass is 419 g/mol. The lowest BCUT2D eigenvalue weighted by Crippen LogP contribution is -2.35. The standard InChI is InChI=1S/C25H29N3O3/c1-18-9-11-19(12-10-18)22(28-17-20-6-2-3-7-21(20)25(28)31)16-23(29)26-13-5-15-27-14-4-8-24(27)30/h2-3,6-7,9-12,22H,4-5,8,13-17H2,1H3,(H,26,29)/t22-/m1/s1. The summed E-state index contributed by atoms with van der Waals surface area (Å²) in [5.41, 5.74) is 3.82. The van der Waals surface area contributed by atoms with Crippen LogP contribution in [0.5, 0.6) is 0 Å². The van der Waals surface area contributed by atoms with E-state index in [1.165, 1.54) is 0 Å². The summed E-state index contributed by atoms with van der Waals surface area (Å²) in [5.74, 6) is 0.0986. The number of nitrogens with one attached hydrogen (secondary N) is 1. The second-order valence-corrected chi connectivity index (χ2v) is 8.41. The van der Waals surface area contributed by atoms with E-state index in [9.17, 15) is 14.4 Å². The Labute approximate surface area is 183 Å². The van der Waals surface area contributed by atoms with Crippen molar-refractivity contribution in [3.63, 3.8) is 0 Å². The molecule has 0 aliphatic carbocycles. The van der Waals surface area contributed by atoms with Crippen molar-refractivity contribution in [2.45, 2.75) is 45.2 Å². The first-order valence-corrected chi connectivity index (χ1v) is 11.0. The minimum atomic E-state index is -0.319. The molecule has 0 bridgehead atoms. The van der Waals surface area contributed by atoms with E-state index in [2.05, 4.69) is 5.32 Å². The lowest BCUT2D eigenvalue weighted by molar-refractivity contribution is -0.127. The van der Waals surface area contributed by atoms with Gasteiger partial charge in [-0.05, 0) is 37.0 Å². The Kier molecular flexibility index (Phi) is 6.35. The number of likely N-dealkylation sites (tertiary alicyclic amines) is 1. The van der Waals surface area contributed by atoms with Gasteiger partial charge in [0.15, 0.2) is 0 Å². The van der Waals surface area contributed by atoms with Crippen LogP contribution in [-0.4, -0.2) is 47.2 Å². The van der Waals surface area contributed by atoms with Crippen molar-refractivity contribution in [3.8, 4) is 0 Å². The van der Waals surface area contributed by atoms with Gasteiger partial charge in [-0.3, -0.25) is 14.4 Å². The van der Waals surface area contributed by atoms with Crippen molar-refractivity contribution in [2.24, 2.45) is 0 Å². The predicted molar refractivity (Wildman–Crippen MR) is 118 cm³/mol. The van der Waals surface area contributed by atoms with Crippen LogP contribution in [0.3, 0.4) is 0 Å². The molecule has 2 aliphatic heterocycles. The molecule has 0 aromatic heterocycles. The maximum Gasteiger partial charge on any atom is 0.255 e. The zero-order chi connectivity index (χ0) is 21.8. The molecular formula is C25H29N3O3. The number of rotatable bonds is 8. The van der Waals surface area contributed by atoms with Crippen LogP contribution >= 0.6 is 0 Å². The largest absolute Gasteiger partial charge is 0.356 e. The molecule has 0 radical (unpaired) electrons. The molecule has 162 valence electrons. The summed E-state index contributed by atoms with van der Waals surface area (Å²) in [6.07, 6.45) is 2.51. The summed E-state index contributed by atoms with van der Waals surface area (Å²) in [6, 6.07) is 15.4. The van der Waals surface area contributed by atoms with E-state index in [0.29, 0.717) is 26.1 Å². The number of nitrogens with zero attached hydrogens (tertiary/aromatic N) is 2. The Morgan fingerprint density at radius 2 is 1.87 bits per heavy atom. The molecular weight excluding hydrogens is 390 g/mol. The third-order valence-corrected chi connectivity index (χ3v) is 6.16. The van der Waals surface area contributed by atoms with E-state index < -0.39 is 0 Å². The van der Waals surface area contributed by atoms with Crippen molar-refractivity contribution in [1.82, 2.24) is 15.1 Å². The fourth-order valence-corrected chi connectivity index (χ4v) is 4.41. The third-order valence-electron chi connectivity index (χ3n) is 6.16.